The highest BCUT2D eigenvalue weighted by Gasteiger charge is 2.35. The van der Waals surface area contributed by atoms with Gasteiger partial charge in [0.25, 0.3) is 0 Å². The lowest BCUT2D eigenvalue weighted by atomic mass is 9.97. The summed E-state index contributed by atoms with van der Waals surface area (Å²) in [6.07, 6.45) is -4.17. The second-order valence-corrected chi connectivity index (χ2v) is 7.43. The Hall–Kier alpha value is -3.81. The lowest BCUT2D eigenvalue weighted by Gasteiger charge is -2.31. The number of para-hydroxylation sites is 1. The van der Waals surface area contributed by atoms with Crippen LogP contribution in [0, 0.1) is 0 Å². The van der Waals surface area contributed by atoms with Gasteiger partial charge in [-0.05, 0) is 55.0 Å². The zero-order valence-electron chi connectivity index (χ0n) is 18.1. The third-order valence-electron chi connectivity index (χ3n) is 5.32. The molecule has 0 aliphatic heterocycles. The van der Waals surface area contributed by atoms with E-state index >= 15 is 0 Å². The van der Waals surface area contributed by atoms with Crippen LogP contribution in [0.5, 0.6) is 5.75 Å². The van der Waals surface area contributed by atoms with Crippen LogP contribution in [0.15, 0.2) is 72.8 Å². The first-order chi connectivity index (χ1) is 15.7. The molecule has 8 heteroatoms. The van der Waals surface area contributed by atoms with E-state index in [0.29, 0.717) is 29.8 Å². The van der Waals surface area contributed by atoms with Crippen LogP contribution in [0.2, 0.25) is 0 Å². The van der Waals surface area contributed by atoms with Crippen LogP contribution in [0.3, 0.4) is 0 Å². The predicted molar refractivity (Wildman–Crippen MR) is 121 cm³/mol. The highest BCUT2D eigenvalue weighted by Crippen LogP contribution is 2.41. The van der Waals surface area contributed by atoms with E-state index in [1.807, 2.05) is 6.92 Å². The van der Waals surface area contributed by atoms with Gasteiger partial charge in [0.1, 0.15) is 18.0 Å². The number of rotatable bonds is 7. The number of alkyl halides is 3. The van der Waals surface area contributed by atoms with E-state index < -0.39 is 23.6 Å². The largest absolute Gasteiger partial charge is 0.508 e. The number of aromatic hydroxyl groups is 1. The third kappa shape index (κ3) is 5.16. The molecule has 0 spiro atoms. The summed E-state index contributed by atoms with van der Waals surface area (Å²) >= 11 is 0. The van der Waals surface area contributed by atoms with E-state index in [0.717, 1.165) is 17.0 Å². The van der Waals surface area contributed by atoms with Gasteiger partial charge in [0.15, 0.2) is 0 Å². The minimum absolute atomic E-state index is 0.0102. The van der Waals surface area contributed by atoms with E-state index in [9.17, 15) is 27.9 Å². The number of carbonyl (C=O) groups excluding carboxylic acids is 2. The van der Waals surface area contributed by atoms with Crippen LogP contribution >= 0.6 is 0 Å². The normalized spacial score (nSPS) is 12.2. The SMILES string of the molecule is CCN(C)c1ccc(C(F)(F)F)cc1N(C(=O)C(C=O)c1ccc(O)cc1)c1ccccc1. The Morgan fingerprint density at radius 3 is 2.18 bits per heavy atom. The topological polar surface area (TPSA) is 60.9 Å². The van der Waals surface area contributed by atoms with Crippen molar-refractivity contribution in [2.75, 3.05) is 23.4 Å². The molecule has 0 heterocycles. The molecule has 0 bridgehead atoms. The summed E-state index contributed by atoms with van der Waals surface area (Å²) in [4.78, 5) is 28.6. The highest BCUT2D eigenvalue weighted by molar-refractivity contribution is 6.12. The van der Waals surface area contributed by atoms with E-state index in [2.05, 4.69) is 0 Å². The number of hydrogen-bond donors (Lipinski definition) is 1. The molecule has 3 aromatic rings. The second-order valence-electron chi connectivity index (χ2n) is 7.43. The molecular formula is C25H23F3N2O3. The summed E-state index contributed by atoms with van der Waals surface area (Å²) in [5.74, 6) is -2.05. The molecule has 0 saturated carbocycles. The molecule has 1 atom stereocenters. The summed E-state index contributed by atoms with van der Waals surface area (Å²) in [5.41, 5.74) is 0.130. The van der Waals surface area contributed by atoms with Crippen LogP contribution in [0.4, 0.5) is 30.2 Å². The van der Waals surface area contributed by atoms with Crippen molar-refractivity contribution in [2.45, 2.75) is 19.0 Å². The lowest BCUT2D eigenvalue weighted by Crippen LogP contribution is -2.33. The molecule has 0 saturated heterocycles. The van der Waals surface area contributed by atoms with Crippen molar-refractivity contribution in [3.05, 3.63) is 83.9 Å². The van der Waals surface area contributed by atoms with Crippen molar-refractivity contribution >= 4 is 29.3 Å². The number of hydrogen-bond acceptors (Lipinski definition) is 4. The predicted octanol–water partition coefficient (Wildman–Crippen LogP) is 5.51. The quantitative estimate of drug-likeness (QED) is 0.376. The highest BCUT2D eigenvalue weighted by atomic mass is 19.4. The Kier molecular flexibility index (Phi) is 7.06. The summed E-state index contributed by atoms with van der Waals surface area (Å²) in [6.45, 7) is 2.31. The molecule has 33 heavy (non-hydrogen) atoms. The van der Waals surface area contributed by atoms with Gasteiger partial charge in [-0.3, -0.25) is 9.69 Å². The second kappa shape index (κ2) is 9.77. The van der Waals surface area contributed by atoms with E-state index in [4.69, 9.17) is 0 Å². The molecule has 1 N–H and O–H groups in total. The maximum atomic E-state index is 13.7. The van der Waals surface area contributed by atoms with Gasteiger partial charge < -0.3 is 14.8 Å². The van der Waals surface area contributed by atoms with Crippen molar-refractivity contribution in [1.82, 2.24) is 0 Å². The first kappa shape index (κ1) is 23.8. The number of amides is 1. The van der Waals surface area contributed by atoms with Crippen LogP contribution < -0.4 is 9.80 Å². The number of phenols is 1. The minimum Gasteiger partial charge on any atom is -0.508 e. The lowest BCUT2D eigenvalue weighted by molar-refractivity contribution is -0.137. The van der Waals surface area contributed by atoms with E-state index in [1.54, 1.807) is 42.3 Å². The fraction of sp³-hybridized carbons (Fsp3) is 0.200. The summed E-state index contributed by atoms with van der Waals surface area (Å²) in [7, 11) is 1.71. The van der Waals surface area contributed by atoms with Gasteiger partial charge in [-0.2, -0.15) is 13.2 Å². The molecule has 0 radical (unpaired) electrons. The first-order valence-corrected chi connectivity index (χ1v) is 10.2. The molecule has 0 aliphatic rings. The number of anilines is 3. The van der Waals surface area contributed by atoms with Crippen LogP contribution in [-0.2, 0) is 15.8 Å². The molecule has 172 valence electrons. The van der Waals surface area contributed by atoms with Gasteiger partial charge in [0.2, 0.25) is 5.91 Å². The number of nitrogens with zero attached hydrogens (tertiary/aromatic N) is 2. The van der Waals surface area contributed by atoms with Gasteiger partial charge in [-0.15, -0.1) is 0 Å². The third-order valence-corrected chi connectivity index (χ3v) is 5.32. The number of halogens is 3. The molecule has 1 unspecified atom stereocenters. The van der Waals surface area contributed by atoms with Gasteiger partial charge >= 0.3 is 6.18 Å². The Morgan fingerprint density at radius 2 is 1.64 bits per heavy atom. The smallest absolute Gasteiger partial charge is 0.416 e. The zero-order chi connectivity index (χ0) is 24.2. The number of carbonyl (C=O) groups is 2. The van der Waals surface area contributed by atoms with Gasteiger partial charge in [0, 0.05) is 19.3 Å². The Bertz CT molecular complexity index is 1120. The zero-order valence-corrected chi connectivity index (χ0v) is 18.1. The number of aldehydes is 1. The van der Waals surface area contributed by atoms with Crippen LogP contribution in [0.1, 0.15) is 24.0 Å². The van der Waals surface area contributed by atoms with Gasteiger partial charge in [0.05, 0.1) is 16.9 Å². The van der Waals surface area contributed by atoms with Crippen molar-refractivity contribution in [2.24, 2.45) is 0 Å². The van der Waals surface area contributed by atoms with Crippen molar-refractivity contribution in [3.8, 4) is 5.75 Å². The van der Waals surface area contributed by atoms with Crippen LogP contribution in [0.25, 0.3) is 0 Å². The molecule has 0 fully saturated rings. The Labute approximate surface area is 189 Å². The average molecular weight is 456 g/mol. The average Bonchev–Trinajstić information content (AvgIpc) is 2.80. The molecule has 5 nitrogen and oxygen atoms in total. The number of phenolic OH excluding ortho intramolecular Hbond substituents is 1. The molecular weight excluding hydrogens is 433 g/mol. The number of benzene rings is 3. The van der Waals surface area contributed by atoms with E-state index in [-0.39, 0.29) is 11.4 Å². The van der Waals surface area contributed by atoms with Crippen molar-refractivity contribution in [1.29, 1.82) is 0 Å². The summed E-state index contributed by atoms with van der Waals surface area (Å²) in [6, 6.07) is 17.0. The maximum Gasteiger partial charge on any atom is 0.416 e. The van der Waals surface area contributed by atoms with Crippen LogP contribution in [-0.4, -0.2) is 30.9 Å². The fourth-order valence-corrected chi connectivity index (χ4v) is 3.43. The van der Waals surface area contributed by atoms with Crippen molar-refractivity contribution < 1.29 is 27.9 Å². The summed E-state index contributed by atoms with van der Waals surface area (Å²) in [5, 5.41) is 9.55. The molecule has 3 aromatic carbocycles. The molecule has 1 amide bonds. The summed E-state index contributed by atoms with van der Waals surface area (Å²) < 4.78 is 40.7. The standard InChI is InChI=1S/C25H23F3N2O3/c1-3-29(2)22-14-11-18(25(26,27)28)15-23(22)30(19-7-5-4-6-8-19)24(33)21(16-31)17-9-12-20(32)13-10-17/h4-16,21,32H,3H2,1-2H3. The van der Waals surface area contributed by atoms with Crippen molar-refractivity contribution in [3.63, 3.8) is 0 Å². The molecule has 3 rings (SSSR count). The monoisotopic (exact) mass is 456 g/mol. The van der Waals surface area contributed by atoms with E-state index in [1.165, 1.54) is 30.3 Å². The minimum atomic E-state index is -4.62. The Balaban J connectivity index is 2.24. The first-order valence-electron chi connectivity index (χ1n) is 10.2. The van der Waals surface area contributed by atoms with Gasteiger partial charge in [-0.25, -0.2) is 0 Å². The molecule has 0 aliphatic carbocycles. The maximum absolute atomic E-state index is 13.7. The Morgan fingerprint density at radius 1 is 1.00 bits per heavy atom. The van der Waals surface area contributed by atoms with Gasteiger partial charge in [-0.1, -0.05) is 30.3 Å². The fourth-order valence-electron chi connectivity index (χ4n) is 3.43. The molecule has 0 aromatic heterocycles.